The molecule has 2 aliphatic rings. The average molecular weight is 323 g/mol. The van der Waals surface area contributed by atoms with Crippen molar-refractivity contribution in [3.63, 3.8) is 0 Å². The fraction of sp³-hybridized carbons (Fsp3) is 0.833. The van der Waals surface area contributed by atoms with E-state index in [9.17, 15) is 0 Å². The maximum Gasteiger partial charge on any atom is 0.269 e. The lowest BCUT2D eigenvalue weighted by Crippen LogP contribution is -2.44. The molecular formula is C12H26N4O2S2. The second kappa shape index (κ2) is 13.3. The number of nitrogens with zero attached hydrogens (tertiary/aromatic N) is 1. The van der Waals surface area contributed by atoms with E-state index in [0.717, 1.165) is 13.1 Å². The molecule has 0 amide bonds. The first kappa shape index (κ1) is 19.3. The van der Waals surface area contributed by atoms with Crippen LogP contribution in [0.25, 0.3) is 0 Å². The third kappa shape index (κ3) is 15.4. The SMILES string of the molecule is C1CCNCC1.NC(O)=S.OC(=S)NN1CCCCC1. The normalized spacial score (nSPS) is 18.6. The Labute approximate surface area is 131 Å². The Morgan fingerprint density at radius 3 is 1.70 bits per heavy atom. The molecule has 2 rings (SSSR count). The minimum Gasteiger partial charge on any atom is -0.487 e. The number of piperidine rings is 2. The lowest BCUT2D eigenvalue weighted by atomic mass is 10.2. The Morgan fingerprint density at radius 2 is 1.40 bits per heavy atom. The van der Waals surface area contributed by atoms with E-state index in [1.165, 1.54) is 51.6 Å². The van der Waals surface area contributed by atoms with E-state index in [1.807, 2.05) is 5.01 Å². The summed E-state index contributed by atoms with van der Waals surface area (Å²) in [6, 6.07) is 0. The number of hydrogen-bond donors (Lipinski definition) is 5. The number of aliphatic hydroxyl groups excluding tert-OH is 2. The third-order valence-electron chi connectivity index (χ3n) is 2.82. The van der Waals surface area contributed by atoms with Crippen LogP contribution in [0.2, 0.25) is 0 Å². The van der Waals surface area contributed by atoms with E-state index in [1.54, 1.807) is 0 Å². The molecule has 8 heteroatoms. The maximum atomic E-state index is 8.68. The molecule has 6 nitrogen and oxygen atoms in total. The highest BCUT2D eigenvalue weighted by molar-refractivity contribution is 7.80. The van der Waals surface area contributed by atoms with Gasteiger partial charge in [-0.2, -0.15) is 0 Å². The van der Waals surface area contributed by atoms with Crippen LogP contribution in [-0.4, -0.2) is 51.8 Å². The fourth-order valence-corrected chi connectivity index (χ4v) is 2.07. The van der Waals surface area contributed by atoms with Crippen LogP contribution in [0.1, 0.15) is 38.5 Å². The number of hydrazine groups is 1. The number of rotatable bonds is 1. The van der Waals surface area contributed by atoms with Crippen molar-refractivity contribution in [2.24, 2.45) is 5.73 Å². The van der Waals surface area contributed by atoms with E-state index in [-0.39, 0.29) is 5.17 Å². The molecule has 2 aliphatic heterocycles. The monoisotopic (exact) mass is 322 g/mol. The molecule has 0 bridgehead atoms. The molecule has 0 atom stereocenters. The zero-order valence-corrected chi connectivity index (χ0v) is 13.4. The van der Waals surface area contributed by atoms with Gasteiger partial charge in [0.1, 0.15) is 0 Å². The number of nitrogens with one attached hydrogen (secondary N) is 2. The Balaban J connectivity index is 0.000000307. The summed E-state index contributed by atoms with van der Waals surface area (Å²) in [7, 11) is 0. The van der Waals surface area contributed by atoms with E-state index >= 15 is 0 Å². The number of aliphatic hydroxyl groups is 2. The van der Waals surface area contributed by atoms with Gasteiger partial charge in [-0.05, 0) is 63.2 Å². The molecule has 0 aromatic heterocycles. The first-order chi connectivity index (χ1) is 9.52. The molecule has 0 spiro atoms. The highest BCUT2D eigenvalue weighted by atomic mass is 32.1. The minimum atomic E-state index is -0.500. The van der Waals surface area contributed by atoms with Gasteiger partial charge in [0.05, 0.1) is 0 Å². The van der Waals surface area contributed by atoms with Crippen LogP contribution in [0.15, 0.2) is 0 Å². The second-order valence-corrected chi connectivity index (χ2v) is 5.42. The van der Waals surface area contributed by atoms with Crippen LogP contribution >= 0.6 is 24.4 Å². The van der Waals surface area contributed by atoms with Crippen molar-refractivity contribution in [2.75, 3.05) is 26.2 Å². The Hall–Kier alpha value is -0.700. The van der Waals surface area contributed by atoms with E-state index in [0.29, 0.717) is 0 Å². The van der Waals surface area contributed by atoms with Gasteiger partial charge in [-0.1, -0.05) is 12.8 Å². The minimum absolute atomic E-state index is 0.123. The molecule has 0 aromatic rings. The summed E-state index contributed by atoms with van der Waals surface area (Å²) >= 11 is 8.35. The Bertz CT molecular complexity index is 255. The summed E-state index contributed by atoms with van der Waals surface area (Å²) in [5.41, 5.74) is 7.10. The molecule has 2 fully saturated rings. The van der Waals surface area contributed by atoms with Gasteiger partial charge in [-0.3, -0.25) is 5.43 Å². The van der Waals surface area contributed by atoms with Crippen LogP contribution < -0.4 is 16.5 Å². The fourth-order valence-electron chi connectivity index (χ4n) is 1.94. The van der Waals surface area contributed by atoms with Crippen LogP contribution in [0.3, 0.4) is 0 Å². The largest absolute Gasteiger partial charge is 0.487 e. The van der Waals surface area contributed by atoms with Gasteiger partial charge in [0.15, 0.2) is 0 Å². The van der Waals surface area contributed by atoms with Gasteiger partial charge >= 0.3 is 0 Å². The molecule has 2 heterocycles. The lowest BCUT2D eigenvalue weighted by Gasteiger charge is -2.26. The first-order valence-electron chi connectivity index (χ1n) is 6.96. The summed E-state index contributed by atoms with van der Waals surface area (Å²) in [5.74, 6) is 0. The van der Waals surface area contributed by atoms with Crippen molar-refractivity contribution in [1.29, 1.82) is 0 Å². The smallest absolute Gasteiger partial charge is 0.269 e. The molecule has 0 saturated carbocycles. The van der Waals surface area contributed by atoms with E-state index in [4.69, 9.17) is 10.2 Å². The number of hydrogen-bond acceptors (Lipinski definition) is 4. The molecular weight excluding hydrogens is 296 g/mol. The van der Waals surface area contributed by atoms with Crippen molar-refractivity contribution in [2.45, 2.75) is 38.5 Å². The molecule has 0 radical (unpaired) electrons. The Kier molecular flexibility index (Phi) is 12.8. The molecule has 118 valence electrons. The lowest BCUT2D eigenvalue weighted by molar-refractivity contribution is 0.183. The van der Waals surface area contributed by atoms with Crippen molar-refractivity contribution in [3.8, 4) is 0 Å². The zero-order valence-electron chi connectivity index (χ0n) is 11.8. The first-order valence-corrected chi connectivity index (χ1v) is 7.77. The maximum absolute atomic E-state index is 8.68. The quantitative estimate of drug-likeness (QED) is 0.462. The van der Waals surface area contributed by atoms with Gasteiger partial charge in [0.25, 0.3) is 10.3 Å². The summed E-state index contributed by atoms with van der Waals surface area (Å²) in [4.78, 5) is 0. The zero-order chi connectivity index (χ0) is 15.2. The van der Waals surface area contributed by atoms with E-state index < -0.39 is 5.17 Å². The van der Waals surface area contributed by atoms with Crippen molar-refractivity contribution < 1.29 is 10.2 Å². The van der Waals surface area contributed by atoms with Gasteiger partial charge in [-0.25, -0.2) is 5.01 Å². The van der Waals surface area contributed by atoms with Crippen molar-refractivity contribution >= 4 is 34.8 Å². The van der Waals surface area contributed by atoms with Gasteiger partial charge in [-0.15, -0.1) is 0 Å². The summed E-state index contributed by atoms with van der Waals surface area (Å²) in [5, 5.41) is 20.9. The molecule has 20 heavy (non-hydrogen) atoms. The summed E-state index contributed by atoms with van der Waals surface area (Å²) < 4.78 is 0. The number of nitrogens with two attached hydrogens (primary N) is 1. The van der Waals surface area contributed by atoms with Crippen LogP contribution in [0.5, 0.6) is 0 Å². The molecule has 0 aromatic carbocycles. The van der Waals surface area contributed by atoms with Crippen molar-refractivity contribution in [1.82, 2.24) is 15.8 Å². The standard InChI is InChI=1S/C6H12N2OS.C5H11N.CH3NOS/c9-6(10)7-8-4-2-1-3-5-8;1-2-4-6-5-3-1;2-1(3)4/h1-5H2,(H2,7,9,10);6H,1-5H2;(H3,2,3,4). The average Bonchev–Trinajstić information content (AvgIpc) is 2.41. The van der Waals surface area contributed by atoms with Gasteiger partial charge < -0.3 is 21.3 Å². The predicted octanol–water partition coefficient (Wildman–Crippen LogP) is 1.37. The third-order valence-corrected chi connectivity index (χ3v) is 2.91. The number of thiocarbonyl (C=S) groups is 2. The Morgan fingerprint density at radius 1 is 0.950 bits per heavy atom. The highest BCUT2D eigenvalue weighted by Crippen LogP contribution is 2.05. The predicted molar refractivity (Wildman–Crippen MR) is 89.9 cm³/mol. The van der Waals surface area contributed by atoms with Gasteiger partial charge in [0, 0.05) is 13.1 Å². The summed E-state index contributed by atoms with van der Waals surface area (Å²) in [6.45, 7) is 4.47. The van der Waals surface area contributed by atoms with E-state index in [2.05, 4.69) is 40.9 Å². The van der Waals surface area contributed by atoms with Crippen LogP contribution in [0.4, 0.5) is 0 Å². The topological polar surface area (TPSA) is 93.8 Å². The highest BCUT2D eigenvalue weighted by Gasteiger charge is 2.09. The van der Waals surface area contributed by atoms with Crippen LogP contribution in [0, 0.1) is 0 Å². The van der Waals surface area contributed by atoms with Gasteiger partial charge in [0.2, 0.25) is 0 Å². The summed E-state index contributed by atoms with van der Waals surface area (Å²) in [6.07, 6.45) is 7.88. The molecule has 0 aliphatic carbocycles. The molecule has 6 N–H and O–H groups in total. The molecule has 2 saturated heterocycles. The van der Waals surface area contributed by atoms with Crippen molar-refractivity contribution in [3.05, 3.63) is 0 Å². The molecule has 0 unspecified atom stereocenters. The van der Waals surface area contributed by atoms with Crippen LogP contribution in [-0.2, 0) is 0 Å². The second-order valence-electron chi connectivity index (χ2n) is 4.61.